The highest BCUT2D eigenvalue weighted by Crippen LogP contribution is 2.18. The second-order valence-electron chi connectivity index (χ2n) is 5.55. The van der Waals surface area contributed by atoms with Crippen LogP contribution in [0.4, 0.5) is 0 Å². The zero-order valence-electron chi connectivity index (χ0n) is 12.4. The van der Waals surface area contributed by atoms with Crippen LogP contribution in [0.3, 0.4) is 0 Å². The van der Waals surface area contributed by atoms with Gasteiger partial charge in [-0.15, -0.1) is 0 Å². The fourth-order valence-corrected chi connectivity index (χ4v) is 2.68. The molecule has 0 radical (unpaired) electrons. The molecule has 6 heteroatoms. The molecule has 2 heterocycles. The summed E-state index contributed by atoms with van der Waals surface area (Å²) in [5.74, 6) is 0.394. The third kappa shape index (κ3) is 3.57. The zero-order chi connectivity index (χ0) is 15.4. The molecule has 0 saturated carbocycles. The second kappa shape index (κ2) is 6.79. The molecule has 6 nitrogen and oxygen atoms in total. The molecular formula is C16H20N2O4. The first-order valence-electron chi connectivity index (χ1n) is 7.63. The molecule has 0 aromatic heterocycles. The molecule has 0 bridgehead atoms. The van der Waals surface area contributed by atoms with Gasteiger partial charge in [0.2, 0.25) is 5.91 Å². The van der Waals surface area contributed by atoms with Gasteiger partial charge >= 0.3 is 0 Å². The molecule has 1 aromatic carbocycles. The lowest BCUT2D eigenvalue weighted by Crippen LogP contribution is -2.49. The van der Waals surface area contributed by atoms with Crippen molar-refractivity contribution in [3.8, 4) is 5.75 Å². The first kappa shape index (κ1) is 14.8. The van der Waals surface area contributed by atoms with Gasteiger partial charge < -0.3 is 19.7 Å². The first-order valence-corrected chi connectivity index (χ1v) is 7.63. The van der Waals surface area contributed by atoms with Crippen molar-refractivity contribution in [1.29, 1.82) is 0 Å². The molecule has 1 unspecified atom stereocenters. The van der Waals surface area contributed by atoms with Crippen LogP contribution in [0.5, 0.6) is 5.75 Å². The molecule has 2 aliphatic heterocycles. The Labute approximate surface area is 129 Å². The van der Waals surface area contributed by atoms with E-state index >= 15 is 0 Å². The fourth-order valence-electron chi connectivity index (χ4n) is 2.68. The van der Waals surface area contributed by atoms with E-state index in [4.69, 9.17) is 9.47 Å². The minimum absolute atomic E-state index is 0.111. The van der Waals surface area contributed by atoms with Crippen LogP contribution in [0.25, 0.3) is 0 Å². The van der Waals surface area contributed by atoms with Gasteiger partial charge in [0.05, 0.1) is 12.6 Å². The summed E-state index contributed by atoms with van der Waals surface area (Å²) < 4.78 is 11.2. The predicted octanol–water partition coefficient (Wildman–Crippen LogP) is 0.816. The van der Waals surface area contributed by atoms with Crippen LogP contribution >= 0.6 is 0 Å². The van der Waals surface area contributed by atoms with Crippen molar-refractivity contribution in [3.05, 3.63) is 29.8 Å². The summed E-state index contributed by atoms with van der Waals surface area (Å²) >= 11 is 0. The van der Waals surface area contributed by atoms with Crippen molar-refractivity contribution in [2.75, 3.05) is 32.8 Å². The Morgan fingerprint density at radius 1 is 1.45 bits per heavy atom. The topological polar surface area (TPSA) is 67.9 Å². The number of amides is 2. The maximum atomic E-state index is 12.4. The average Bonchev–Trinajstić information content (AvgIpc) is 3.06. The van der Waals surface area contributed by atoms with Gasteiger partial charge in [-0.1, -0.05) is 6.07 Å². The van der Waals surface area contributed by atoms with Crippen LogP contribution in [0.1, 0.15) is 23.2 Å². The van der Waals surface area contributed by atoms with Crippen molar-refractivity contribution in [3.63, 3.8) is 0 Å². The summed E-state index contributed by atoms with van der Waals surface area (Å²) in [7, 11) is 0. The number of rotatable bonds is 4. The fraction of sp³-hybridized carbons (Fsp3) is 0.500. The van der Waals surface area contributed by atoms with Crippen molar-refractivity contribution >= 4 is 11.8 Å². The highest BCUT2D eigenvalue weighted by molar-refractivity contribution is 5.97. The van der Waals surface area contributed by atoms with E-state index < -0.39 is 0 Å². The van der Waals surface area contributed by atoms with E-state index in [0.29, 0.717) is 31.0 Å². The largest absolute Gasteiger partial charge is 0.491 e. The SMILES string of the molecule is O=C1CN(C(=O)c2cccc(OCC3CCCO3)c2)CCN1. The smallest absolute Gasteiger partial charge is 0.254 e. The number of hydrogen-bond donors (Lipinski definition) is 1. The van der Waals surface area contributed by atoms with Crippen LogP contribution in [0.15, 0.2) is 24.3 Å². The maximum absolute atomic E-state index is 12.4. The second-order valence-corrected chi connectivity index (χ2v) is 5.55. The number of piperazine rings is 1. The van der Waals surface area contributed by atoms with E-state index in [1.165, 1.54) is 0 Å². The highest BCUT2D eigenvalue weighted by Gasteiger charge is 2.22. The third-order valence-corrected chi connectivity index (χ3v) is 3.87. The average molecular weight is 304 g/mol. The van der Waals surface area contributed by atoms with Gasteiger partial charge in [0.25, 0.3) is 5.91 Å². The Morgan fingerprint density at radius 3 is 3.14 bits per heavy atom. The molecule has 22 heavy (non-hydrogen) atoms. The van der Waals surface area contributed by atoms with Crippen LogP contribution in [0.2, 0.25) is 0 Å². The van der Waals surface area contributed by atoms with E-state index in [-0.39, 0.29) is 24.5 Å². The molecule has 3 rings (SSSR count). The van der Waals surface area contributed by atoms with E-state index in [9.17, 15) is 9.59 Å². The molecule has 1 aromatic rings. The lowest BCUT2D eigenvalue weighted by molar-refractivity contribution is -0.123. The molecule has 2 fully saturated rings. The van der Waals surface area contributed by atoms with Crippen molar-refractivity contribution in [1.82, 2.24) is 10.2 Å². The monoisotopic (exact) mass is 304 g/mol. The lowest BCUT2D eigenvalue weighted by Gasteiger charge is -2.26. The standard InChI is InChI=1S/C16H20N2O4/c19-15-10-18(7-6-17-15)16(20)12-3-1-4-13(9-12)22-11-14-5-2-8-21-14/h1,3-4,9,14H,2,5-8,10-11H2,(H,17,19). The number of nitrogens with zero attached hydrogens (tertiary/aromatic N) is 1. The summed E-state index contributed by atoms with van der Waals surface area (Å²) in [6, 6.07) is 7.09. The van der Waals surface area contributed by atoms with E-state index in [2.05, 4.69) is 5.32 Å². The van der Waals surface area contributed by atoms with E-state index in [0.717, 1.165) is 19.4 Å². The number of benzene rings is 1. The Kier molecular flexibility index (Phi) is 4.58. The molecule has 0 aliphatic carbocycles. The Balaban J connectivity index is 1.62. The summed E-state index contributed by atoms with van der Waals surface area (Å²) in [6.45, 7) is 2.44. The summed E-state index contributed by atoms with van der Waals surface area (Å²) in [5, 5.41) is 2.71. The van der Waals surface area contributed by atoms with Gasteiger partial charge in [0, 0.05) is 25.3 Å². The van der Waals surface area contributed by atoms with Crippen molar-refractivity contribution in [2.24, 2.45) is 0 Å². The summed E-state index contributed by atoms with van der Waals surface area (Å²) in [4.78, 5) is 25.4. The molecule has 1 atom stereocenters. The molecule has 2 aliphatic rings. The molecule has 2 saturated heterocycles. The first-order chi connectivity index (χ1) is 10.7. The van der Waals surface area contributed by atoms with Crippen molar-refractivity contribution < 1.29 is 19.1 Å². The summed E-state index contributed by atoms with van der Waals surface area (Å²) in [6.07, 6.45) is 2.23. The molecule has 0 spiro atoms. The highest BCUT2D eigenvalue weighted by atomic mass is 16.5. The molecular weight excluding hydrogens is 284 g/mol. The van der Waals surface area contributed by atoms with Gasteiger partial charge in [-0.2, -0.15) is 0 Å². The van der Waals surface area contributed by atoms with Crippen LogP contribution in [0, 0.1) is 0 Å². The normalized spacial score (nSPS) is 21.5. The van der Waals surface area contributed by atoms with Gasteiger partial charge in [0.1, 0.15) is 12.4 Å². The minimum Gasteiger partial charge on any atom is -0.491 e. The Bertz CT molecular complexity index is 555. The third-order valence-electron chi connectivity index (χ3n) is 3.87. The molecule has 1 N–H and O–H groups in total. The van der Waals surface area contributed by atoms with Gasteiger partial charge in [-0.3, -0.25) is 9.59 Å². The molecule has 2 amide bonds. The lowest BCUT2D eigenvalue weighted by atomic mass is 10.1. The number of ether oxygens (including phenoxy) is 2. The zero-order valence-corrected chi connectivity index (χ0v) is 12.4. The minimum atomic E-state index is -0.141. The van der Waals surface area contributed by atoms with E-state index in [1.807, 2.05) is 6.07 Å². The Morgan fingerprint density at radius 2 is 2.36 bits per heavy atom. The van der Waals surface area contributed by atoms with Gasteiger partial charge in [0.15, 0.2) is 0 Å². The van der Waals surface area contributed by atoms with Gasteiger partial charge in [-0.25, -0.2) is 0 Å². The van der Waals surface area contributed by atoms with Crippen LogP contribution in [-0.2, 0) is 9.53 Å². The summed E-state index contributed by atoms with van der Waals surface area (Å²) in [5.41, 5.74) is 0.541. The van der Waals surface area contributed by atoms with Crippen LogP contribution in [-0.4, -0.2) is 55.7 Å². The Hall–Kier alpha value is -2.08. The van der Waals surface area contributed by atoms with Gasteiger partial charge in [-0.05, 0) is 31.0 Å². The van der Waals surface area contributed by atoms with Crippen molar-refractivity contribution in [2.45, 2.75) is 18.9 Å². The number of carbonyl (C=O) groups excluding carboxylic acids is 2. The molecule has 118 valence electrons. The number of hydrogen-bond acceptors (Lipinski definition) is 4. The number of carbonyl (C=O) groups is 2. The van der Waals surface area contributed by atoms with E-state index in [1.54, 1.807) is 23.1 Å². The predicted molar refractivity (Wildman–Crippen MR) is 79.8 cm³/mol. The van der Waals surface area contributed by atoms with Crippen LogP contribution < -0.4 is 10.1 Å². The quantitative estimate of drug-likeness (QED) is 0.894. The maximum Gasteiger partial charge on any atom is 0.254 e. The number of nitrogens with one attached hydrogen (secondary N) is 1.